The molecule has 0 aliphatic rings. The van der Waals surface area contributed by atoms with Crippen LogP contribution in [0.4, 0.5) is 4.39 Å². The molecule has 0 saturated heterocycles. The standard InChI is InChI=1S/C12H18FNO2.ClH/c1-3-16-11-5-4-9(8-12(11)15-2)10(14)6-7-13;/h4-5,8,10H,3,6-7,14H2,1-2H3;1H/t10-;/m1./s1. The molecule has 1 rings (SSSR count). The molecule has 0 fully saturated rings. The van der Waals surface area contributed by atoms with E-state index in [4.69, 9.17) is 15.2 Å². The van der Waals surface area contributed by atoms with Crippen molar-refractivity contribution in [3.05, 3.63) is 23.8 Å². The number of benzene rings is 1. The fourth-order valence-electron chi connectivity index (χ4n) is 1.47. The van der Waals surface area contributed by atoms with Gasteiger partial charge in [-0.2, -0.15) is 0 Å². The zero-order valence-electron chi connectivity index (χ0n) is 10.1. The van der Waals surface area contributed by atoms with Gasteiger partial charge in [0.15, 0.2) is 11.5 Å². The Labute approximate surface area is 108 Å². The minimum absolute atomic E-state index is 0. The molecule has 0 aliphatic carbocycles. The van der Waals surface area contributed by atoms with Crippen LogP contribution in [0.2, 0.25) is 0 Å². The quantitative estimate of drug-likeness (QED) is 0.858. The summed E-state index contributed by atoms with van der Waals surface area (Å²) in [4.78, 5) is 0. The molecular weight excluding hydrogens is 245 g/mol. The van der Waals surface area contributed by atoms with Crippen molar-refractivity contribution in [2.24, 2.45) is 5.73 Å². The van der Waals surface area contributed by atoms with Crippen LogP contribution in [0.15, 0.2) is 18.2 Å². The minimum atomic E-state index is -0.420. The Morgan fingerprint density at radius 3 is 2.59 bits per heavy atom. The normalized spacial score (nSPS) is 11.5. The fraction of sp³-hybridized carbons (Fsp3) is 0.500. The summed E-state index contributed by atoms with van der Waals surface area (Å²) in [6.07, 6.45) is 0.317. The minimum Gasteiger partial charge on any atom is -0.493 e. The van der Waals surface area contributed by atoms with Gasteiger partial charge in [0, 0.05) is 6.04 Å². The van der Waals surface area contributed by atoms with Crippen molar-refractivity contribution < 1.29 is 13.9 Å². The molecule has 0 heterocycles. The van der Waals surface area contributed by atoms with E-state index in [1.54, 1.807) is 19.2 Å². The van der Waals surface area contributed by atoms with Gasteiger partial charge >= 0.3 is 0 Å². The molecular formula is C12H19ClFNO2. The van der Waals surface area contributed by atoms with Crippen LogP contribution < -0.4 is 15.2 Å². The van der Waals surface area contributed by atoms with Gasteiger partial charge in [-0.05, 0) is 31.0 Å². The van der Waals surface area contributed by atoms with Gasteiger partial charge in [-0.25, -0.2) is 0 Å². The van der Waals surface area contributed by atoms with Crippen molar-refractivity contribution in [1.29, 1.82) is 0 Å². The first-order valence-corrected chi connectivity index (χ1v) is 5.35. The SMILES string of the molecule is CCOc1ccc([C@H](N)CCF)cc1OC.Cl. The lowest BCUT2D eigenvalue weighted by molar-refractivity contribution is 0.310. The van der Waals surface area contributed by atoms with Crippen LogP contribution in [0.5, 0.6) is 11.5 Å². The molecule has 0 unspecified atom stereocenters. The van der Waals surface area contributed by atoms with E-state index < -0.39 is 6.67 Å². The van der Waals surface area contributed by atoms with E-state index in [-0.39, 0.29) is 18.4 Å². The van der Waals surface area contributed by atoms with Crippen LogP contribution in [0, 0.1) is 0 Å². The monoisotopic (exact) mass is 263 g/mol. The number of halogens is 2. The van der Waals surface area contributed by atoms with Crippen LogP contribution in [0.25, 0.3) is 0 Å². The molecule has 5 heteroatoms. The molecule has 0 saturated carbocycles. The molecule has 0 aromatic heterocycles. The summed E-state index contributed by atoms with van der Waals surface area (Å²) in [7, 11) is 1.57. The average molecular weight is 264 g/mol. The maximum atomic E-state index is 12.2. The van der Waals surface area contributed by atoms with Crippen LogP contribution in [0.1, 0.15) is 24.9 Å². The highest BCUT2D eigenvalue weighted by Crippen LogP contribution is 2.30. The number of hydrogen-bond donors (Lipinski definition) is 1. The molecule has 0 spiro atoms. The Balaban J connectivity index is 0.00000256. The molecule has 1 aromatic rings. The third-order valence-electron chi connectivity index (χ3n) is 2.34. The number of ether oxygens (including phenoxy) is 2. The van der Waals surface area contributed by atoms with Crippen LogP contribution in [-0.4, -0.2) is 20.4 Å². The molecule has 0 radical (unpaired) electrons. The summed E-state index contributed by atoms with van der Waals surface area (Å²) >= 11 is 0. The van der Waals surface area contributed by atoms with E-state index in [1.807, 2.05) is 13.0 Å². The van der Waals surface area contributed by atoms with Crippen molar-refractivity contribution in [1.82, 2.24) is 0 Å². The lowest BCUT2D eigenvalue weighted by Gasteiger charge is -2.14. The molecule has 0 aliphatic heterocycles. The zero-order chi connectivity index (χ0) is 12.0. The summed E-state index contributed by atoms with van der Waals surface area (Å²) in [6, 6.07) is 5.14. The van der Waals surface area contributed by atoms with Gasteiger partial charge in [0.1, 0.15) is 0 Å². The van der Waals surface area contributed by atoms with Crippen molar-refractivity contribution in [3.8, 4) is 11.5 Å². The molecule has 2 N–H and O–H groups in total. The predicted octanol–water partition coefficient (Wildman–Crippen LogP) is 2.88. The topological polar surface area (TPSA) is 44.5 Å². The Hall–Kier alpha value is -1.00. The second kappa shape index (κ2) is 8.14. The smallest absolute Gasteiger partial charge is 0.161 e. The first-order valence-electron chi connectivity index (χ1n) is 5.35. The van der Waals surface area contributed by atoms with E-state index in [0.29, 0.717) is 24.5 Å². The third-order valence-corrected chi connectivity index (χ3v) is 2.34. The molecule has 1 aromatic carbocycles. The molecule has 0 bridgehead atoms. The number of nitrogens with two attached hydrogens (primary N) is 1. The first kappa shape index (κ1) is 16.0. The van der Waals surface area contributed by atoms with Crippen molar-refractivity contribution in [2.45, 2.75) is 19.4 Å². The van der Waals surface area contributed by atoms with Crippen molar-refractivity contribution in [2.75, 3.05) is 20.4 Å². The Bertz CT molecular complexity index is 336. The van der Waals surface area contributed by atoms with Gasteiger partial charge in [0.2, 0.25) is 0 Å². The van der Waals surface area contributed by atoms with Crippen molar-refractivity contribution in [3.63, 3.8) is 0 Å². The number of methoxy groups -OCH3 is 1. The van der Waals surface area contributed by atoms with Gasteiger partial charge in [-0.1, -0.05) is 6.07 Å². The second-order valence-electron chi connectivity index (χ2n) is 3.43. The summed E-state index contributed by atoms with van der Waals surface area (Å²) < 4.78 is 22.8. The number of hydrogen-bond acceptors (Lipinski definition) is 3. The average Bonchev–Trinajstić information content (AvgIpc) is 2.30. The number of rotatable bonds is 6. The highest BCUT2D eigenvalue weighted by atomic mass is 35.5. The molecule has 98 valence electrons. The summed E-state index contributed by atoms with van der Waals surface area (Å²) in [6.45, 7) is 2.06. The fourth-order valence-corrected chi connectivity index (χ4v) is 1.47. The summed E-state index contributed by atoms with van der Waals surface area (Å²) in [5, 5.41) is 0. The second-order valence-corrected chi connectivity index (χ2v) is 3.43. The van der Waals surface area contributed by atoms with Gasteiger partial charge in [-0.3, -0.25) is 4.39 Å². The maximum absolute atomic E-state index is 12.2. The van der Waals surface area contributed by atoms with Crippen molar-refractivity contribution >= 4 is 12.4 Å². The van der Waals surface area contributed by atoms with Gasteiger partial charge in [0.25, 0.3) is 0 Å². The molecule has 0 amide bonds. The van der Waals surface area contributed by atoms with Crippen LogP contribution in [0.3, 0.4) is 0 Å². The van der Waals surface area contributed by atoms with E-state index in [9.17, 15) is 4.39 Å². The number of alkyl halides is 1. The third kappa shape index (κ3) is 4.40. The van der Waals surface area contributed by atoms with E-state index >= 15 is 0 Å². The lowest BCUT2D eigenvalue weighted by atomic mass is 10.0. The summed E-state index contributed by atoms with van der Waals surface area (Å²) in [5.41, 5.74) is 6.68. The largest absolute Gasteiger partial charge is 0.493 e. The van der Waals surface area contributed by atoms with Gasteiger partial charge in [-0.15, -0.1) is 12.4 Å². The van der Waals surface area contributed by atoms with E-state index in [0.717, 1.165) is 5.56 Å². The Kier molecular flexibility index (Phi) is 7.66. The molecule has 3 nitrogen and oxygen atoms in total. The lowest BCUT2D eigenvalue weighted by Crippen LogP contribution is -2.11. The van der Waals surface area contributed by atoms with E-state index in [1.165, 1.54) is 0 Å². The summed E-state index contributed by atoms with van der Waals surface area (Å²) in [5.74, 6) is 1.31. The first-order chi connectivity index (χ1) is 7.72. The van der Waals surface area contributed by atoms with Gasteiger partial charge < -0.3 is 15.2 Å². The van der Waals surface area contributed by atoms with Crippen LogP contribution >= 0.6 is 12.4 Å². The molecule has 1 atom stereocenters. The zero-order valence-corrected chi connectivity index (χ0v) is 10.9. The molecule has 17 heavy (non-hydrogen) atoms. The maximum Gasteiger partial charge on any atom is 0.161 e. The predicted molar refractivity (Wildman–Crippen MR) is 68.9 cm³/mol. The van der Waals surface area contributed by atoms with Gasteiger partial charge in [0.05, 0.1) is 20.4 Å². The highest BCUT2D eigenvalue weighted by Gasteiger charge is 2.10. The Morgan fingerprint density at radius 2 is 2.06 bits per heavy atom. The Morgan fingerprint density at radius 1 is 1.35 bits per heavy atom. The van der Waals surface area contributed by atoms with E-state index in [2.05, 4.69) is 0 Å². The highest BCUT2D eigenvalue weighted by molar-refractivity contribution is 5.85. The van der Waals surface area contributed by atoms with Crippen LogP contribution in [-0.2, 0) is 0 Å².